The zero-order chi connectivity index (χ0) is 27.6. The van der Waals surface area contributed by atoms with Crippen LogP contribution in [-0.4, -0.2) is 33.9 Å². The number of aliphatic hydroxyl groups is 1. The molecule has 1 atom stereocenters. The second-order valence-corrected chi connectivity index (χ2v) is 11.3. The molecule has 0 fully saturated rings. The van der Waals surface area contributed by atoms with Crippen molar-refractivity contribution in [1.82, 2.24) is 0 Å². The van der Waals surface area contributed by atoms with Gasteiger partial charge in [0.05, 0.1) is 6.42 Å². The summed E-state index contributed by atoms with van der Waals surface area (Å²) in [7, 11) is 0. The third kappa shape index (κ3) is 21.5. The number of aliphatic hydroxyl groups excluding tert-OH is 1. The molecule has 0 bridgehead atoms. The van der Waals surface area contributed by atoms with Gasteiger partial charge in [0.25, 0.3) is 0 Å². The molecule has 0 aliphatic rings. The number of aliphatic carboxylic acids is 1. The van der Waals surface area contributed by atoms with Gasteiger partial charge in [0.2, 0.25) is 0 Å². The average Bonchev–Trinajstić information content (AvgIpc) is 2.86. The maximum Gasteiger partial charge on any atom is 0.336 e. The fraction of sp³-hybridized carbons (Fsp3) is 0.938. The first-order valence-corrected chi connectivity index (χ1v) is 16.0. The molecule has 0 radical (unpaired) electrons. The zero-order valence-electron chi connectivity index (χ0n) is 24.9. The number of rotatable bonds is 28. The molecule has 220 valence electrons. The topological polar surface area (TPSA) is 83.8 Å². The monoisotopic (exact) mass is 526 g/mol. The van der Waals surface area contributed by atoms with Gasteiger partial charge in [-0.2, -0.15) is 0 Å². The highest BCUT2D eigenvalue weighted by Gasteiger charge is 2.35. The Morgan fingerprint density at radius 2 is 0.865 bits per heavy atom. The SMILES string of the molecule is CCCCCCCCCCCC(CCCCCCCC)(CCCCCCCC)OC(=O)C(O)CC(=O)O. The molecule has 0 aromatic heterocycles. The van der Waals surface area contributed by atoms with Crippen molar-refractivity contribution in [3.05, 3.63) is 0 Å². The van der Waals surface area contributed by atoms with E-state index in [1.807, 2.05) is 0 Å². The predicted octanol–water partition coefficient (Wildman–Crippen LogP) is 9.53. The molecule has 0 aromatic rings. The van der Waals surface area contributed by atoms with Crippen LogP contribution in [0.2, 0.25) is 0 Å². The molecule has 0 aliphatic carbocycles. The molecule has 37 heavy (non-hydrogen) atoms. The number of ether oxygens (including phenoxy) is 1. The van der Waals surface area contributed by atoms with Crippen molar-refractivity contribution in [2.45, 2.75) is 193 Å². The van der Waals surface area contributed by atoms with E-state index < -0.39 is 30.1 Å². The van der Waals surface area contributed by atoms with E-state index in [1.54, 1.807) is 0 Å². The molecule has 0 saturated heterocycles. The second kappa shape index (κ2) is 25.2. The first kappa shape index (κ1) is 35.9. The minimum atomic E-state index is -1.59. The molecule has 0 aromatic carbocycles. The van der Waals surface area contributed by atoms with E-state index in [4.69, 9.17) is 9.84 Å². The van der Waals surface area contributed by atoms with Crippen LogP contribution in [-0.2, 0) is 14.3 Å². The molecule has 0 rings (SSSR count). The van der Waals surface area contributed by atoms with Crippen LogP contribution in [0, 0.1) is 0 Å². The Morgan fingerprint density at radius 1 is 0.568 bits per heavy atom. The van der Waals surface area contributed by atoms with Gasteiger partial charge in [-0.15, -0.1) is 0 Å². The first-order chi connectivity index (χ1) is 17.9. The van der Waals surface area contributed by atoms with E-state index >= 15 is 0 Å². The van der Waals surface area contributed by atoms with E-state index in [9.17, 15) is 14.7 Å². The maximum absolute atomic E-state index is 12.8. The minimum Gasteiger partial charge on any atom is -0.481 e. The highest BCUT2D eigenvalue weighted by atomic mass is 16.6. The Kier molecular flexibility index (Phi) is 24.4. The smallest absolute Gasteiger partial charge is 0.336 e. The number of hydrogen-bond acceptors (Lipinski definition) is 4. The number of hydrogen-bond donors (Lipinski definition) is 2. The van der Waals surface area contributed by atoms with Gasteiger partial charge in [-0.05, 0) is 38.5 Å². The zero-order valence-corrected chi connectivity index (χ0v) is 24.9. The Morgan fingerprint density at radius 3 is 1.16 bits per heavy atom. The summed E-state index contributed by atoms with van der Waals surface area (Å²) in [5, 5.41) is 19.2. The standard InChI is InChI=1S/C32H62O5/c1-4-7-10-13-16-17-18-21-24-27-32(25-22-19-14-11-8-5-2,26-23-20-15-12-9-6-3)37-31(36)29(33)28-30(34)35/h29,33H,4-28H2,1-3H3,(H,34,35). The number of carboxylic acid groups (broad SMARTS) is 1. The molecule has 5 heteroatoms. The lowest BCUT2D eigenvalue weighted by molar-refractivity contribution is -0.175. The van der Waals surface area contributed by atoms with Crippen molar-refractivity contribution in [2.24, 2.45) is 0 Å². The van der Waals surface area contributed by atoms with E-state index in [1.165, 1.54) is 96.3 Å². The van der Waals surface area contributed by atoms with Gasteiger partial charge in [-0.25, -0.2) is 4.79 Å². The van der Waals surface area contributed by atoms with Crippen molar-refractivity contribution in [1.29, 1.82) is 0 Å². The van der Waals surface area contributed by atoms with Gasteiger partial charge < -0.3 is 14.9 Å². The third-order valence-electron chi connectivity index (χ3n) is 7.66. The van der Waals surface area contributed by atoms with Crippen LogP contribution in [0.4, 0.5) is 0 Å². The largest absolute Gasteiger partial charge is 0.481 e. The van der Waals surface area contributed by atoms with E-state index in [0.29, 0.717) is 0 Å². The summed E-state index contributed by atoms with van der Waals surface area (Å²) >= 11 is 0. The minimum absolute atomic E-state index is 0.576. The highest BCUT2D eigenvalue weighted by molar-refractivity contribution is 5.81. The lowest BCUT2D eigenvalue weighted by Gasteiger charge is -2.35. The van der Waals surface area contributed by atoms with Crippen LogP contribution in [0.3, 0.4) is 0 Å². The van der Waals surface area contributed by atoms with Crippen LogP contribution in [0.25, 0.3) is 0 Å². The summed E-state index contributed by atoms with van der Waals surface area (Å²) in [5.41, 5.74) is -0.576. The van der Waals surface area contributed by atoms with Crippen LogP contribution in [0.5, 0.6) is 0 Å². The normalized spacial score (nSPS) is 12.5. The third-order valence-corrected chi connectivity index (χ3v) is 7.66. The number of carbonyl (C=O) groups excluding carboxylic acids is 1. The summed E-state index contributed by atoms with van der Waals surface area (Å²) < 4.78 is 6.08. The van der Waals surface area contributed by atoms with Gasteiger partial charge in [0.1, 0.15) is 5.60 Å². The molecule has 2 N–H and O–H groups in total. The molecular formula is C32H62O5. The Bertz CT molecular complexity index is 517. The fourth-order valence-electron chi connectivity index (χ4n) is 5.27. The van der Waals surface area contributed by atoms with Crippen molar-refractivity contribution < 1.29 is 24.5 Å². The summed E-state index contributed by atoms with van der Waals surface area (Å²) in [6.45, 7) is 6.69. The Labute approximate surface area is 229 Å². The highest BCUT2D eigenvalue weighted by Crippen LogP contribution is 2.34. The fourth-order valence-corrected chi connectivity index (χ4v) is 5.27. The summed E-state index contributed by atoms with van der Waals surface area (Å²) in [5.74, 6) is -1.93. The molecule has 0 spiro atoms. The predicted molar refractivity (Wildman–Crippen MR) is 155 cm³/mol. The number of esters is 1. The molecule has 5 nitrogen and oxygen atoms in total. The van der Waals surface area contributed by atoms with Crippen LogP contribution in [0.15, 0.2) is 0 Å². The molecule has 0 heterocycles. The van der Waals surface area contributed by atoms with Gasteiger partial charge >= 0.3 is 11.9 Å². The van der Waals surface area contributed by atoms with Crippen molar-refractivity contribution in [3.8, 4) is 0 Å². The maximum atomic E-state index is 12.8. The van der Waals surface area contributed by atoms with Gasteiger partial charge in [-0.3, -0.25) is 4.79 Å². The van der Waals surface area contributed by atoms with Crippen molar-refractivity contribution >= 4 is 11.9 Å². The van der Waals surface area contributed by atoms with Crippen LogP contribution in [0.1, 0.15) is 181 Å². The van der Waals surface area contributed by atoms with Crippen molar-refractivity contribution in [2.75, 3.05) is 0 Å². The summed E-state index contributed by atoms with van der Waals surface area (Å²) in [6.07, 6.45) is 25.6. The molecule has 0 saturated carbocycles. The Hall–Kier alpha value is -1.10. The lowest BCUT2D eigenvalue weighted by Crippen LogP contribution is -2.40. The van der Waals surface area contributed by atoms with Gasteiger partial charge in [-0.1, -0.05) is 136 Å². The number of carbonyl (C=O) groups is 2. The van der Waals surface area contributed by atoms with E-state index in [2.05, 4.69) is 20.8 Å². The first-order valence-electron chi connectivity index (χ1n) is 16.0. The number of unbranched alkanes of at least 4 members (excludes halogenated alkanes) is 18. The molecule has 0 aliphatic heterocycles. The molecule has 1 unspecified atom stereocenters. The van der Waals surface area contributed by atoms with E-state index in [-0.39, 0.29) is 0 Å². The van der Waals surface area contributed by atoms with E-state index in [0.717, 1.165) is 57.8 Å². The number of carboxylic acids is 1. The van der Waals surface area contributed by atoms with Gasteiger partial charge in [0, 0.05) is 0 Å². The molecule has 0 amide bonds. The summed E-state index contributed by atoms with van der Waals surface area (Å²) in [4.78, 5) is 23.8. The average molecular weight is 527 g/mol. The Balaban J connectivity index is 5.08. The lowest BCUT2D eigenvalue weighted by atomic mass is 9.84. The quantitative estimate of drug-likeness (QED) is 0.0783. The van der Waals surface area contributed by atoms with Crippen LogP contribution >= 0.6 is 0 Å². The molecular weight excluding hydrogens is 464 g/mol. The second-order valence-electron chi connectivity index (χ2n) is 11.3. The van der Waals surface area contributed by atoms with Crippen LogP contribution < -0.4 is 0 Å². The van der Waals surface area contributed by atoms with Crippen molar-refractivity contribution in [3.63, 3.8) is 0 Å². The summed E-state index contributed by atoms with van der Waals surface area (Å²) in [6, 6.07) is 0. The van der Waals surface area contributed by atoms with Gasteiger partial charge in [0.15, 0.2) is 6.10 Å².